The van der Waals surface area contributed by atoms with E-state index in [0.29, 0.717) is 5.56 Å². The lowest BCUT2D eigenvalue weighted by Crippen LogP contribution is -2.33. The lowest BCUT2D eigenvalue weighted by atomic mass is 10.2. The van der Waals surface area contributed by atoms with Gasteiger partial charge in [0.1, 0.15) is 6.23 Å². The zero-order valence-electron chi connectivity index (χ0n) is 12.5. The van der Waals surface area contributed by atoms with Crippen molar-refractivity contribution in [1.82, 2.24) is 9.55 Å². The van der Waals surface area contributed by atoms with E-state index >= 15 is 0 Å². The normalized spacial score (nSPS) is 25.5. The maximum Gasteiger partial charge on any atom is 0.332 e. The molecule has 0 radical (unpaired) electrons. The van der Waals surface area contributed by atoms with Crippen LogP contribution >= 0.6 is 7.60 Å². The highest BCUT2D eigenvalue weighted by molar-refractivity contribution is 7.53. The minimum Gasteiger partial charge on any atom is -0.390 e. The Labute approximate surface area is 126 Å². The van der Waals surface area contributed by atoms with Crippen LogP contribution in [-0.2, 0) is 18.3 Å². The second-order valence-corrected chi connectivity index (χ2v) is 7.39. The van der Waals surface area contributed by atoms with Gasteiger partial charge < -0.3 is 18.9 Å². The van der Waals surface area contributed by atoms with Crippen LogP contribution in [-0.4, -0.2) is 47.2 Å². The Morgan fingerprint density at radius 1 is 1.45 bits per heavy atom. The SMILES string of the molecule is COP(=O)(C[C@H]1O[C@@H](n2cc(C)c(=O)[nH]c2=O)C[C@H]1O)OC. The highest BCUT2D eigenvalue weighted by Crippen LogP contribution is 2.49. The van der Waals surface area contributed by atoms with Crippen molar-refractivity contribution in [3.8, 4) is 0 Å². The first-order valence-electron chi connectivity index (χ1n) is 6.66. The first-order valence-corrected chi connectivity index (χ1v) is 8.38. The van der Waals surface area contributed by atoms with Crippen molar-refractivity contribution < 1.29 is 23.5 Å². The van der Waals surface area contributed by atoms with Gasteiger partial charge in [-0.15, -0.1) is 0 Å². The fourth-order valence-electron chi connectivity index (χ4n) is 2.29. The second kappa shape index (κ2) is 6.47. The van der Waals surface area contributed by atoms with Crippen molar-refractivity contribution in [3.63, 3.8) is 0 Å². The molecule has 10 heteroatoms. The average Bonchev–Trinajstić information content (AvgIpc) is 2.83. The predicted octanol–water partition coefficient (Wildman–Crippen LogP) is -0.0207. The molecule has 0 aromatic carbocycles. The zero-order valence-corrected chi connectivity index (χ0v) is 13.4. The number of aliphatic hydroxyl groups excluding tert-OH is 1. The smallest absolute Gasteiger partial charge is 0.332 e. The monoisotopic (exact) mass is 334 g/mol. The topological polar surface area (TPSA) is 120 Å². The van der Waals surface area contributed by atoms with Gasteiger partial charge in [0.05, 0.1) is 18.4 Å². The van der Waals surface area contributed by atoms with E-state index in [0.717, 1.165) is 0 Å². The van der Waals surface area contributed by atoms with Gasteiger partial charge in [-0.2, -0.15) is 0 Å². The molecule has 22 heavy (non-hydrogen) atoms. The summed E-state index contributed by atoms with van der Waals surface area (Å²) in [7, 11) is -0.847. The molecule has 0 aliphatic carbocycles. The summed E-state index contributed by atoms with van der Waals surface area (Å²) in [6, 6.07) is 0. The third-order valence-corrected chi connectivity index (χ3v) is 5.54. The number of ether oxygens (including phenoxy) is 1. The highest BCUT2D eigenvalue weighted by atomic mass is 31.2. The Balaban J connectivity index is 2.21. The number of aromatic nitrogens is 2. The second-order valence-electron chi connectivity index (χ2n) is 5.07. The van der Waals surface area contributed by atoms with Gasteiger partial charge >= 0.3 is 13.3 Å². The van der Waals surface area contributed by atoms with Crippen LogP contribution in [0.4, 0.5) is 0 Å². The van der Waals surface area contributed by atoms with Gasteiger partial charge in [0.2, 0.25) is 0 Å². The van der Waals surface area contributed by atoms with E-state index in [1.165, 1.54) is 25.0 Å². The van der Waals surface area contributed by atoms with E-state index in [9.17, 15) is 19.3 Å². The van der Waals surface area contributed by atoms with Crippen molar-refractivity contribution in [2.45, 2.75) is 31.8 Å². The summed E-state index contributed by atoms with van der Waals surface area (Å²) >= 11 is 0. The van der Waals surface area contributed by atoms with E-state index < -0.39 is 37.3 Å². The molecule has 0 amide bonds. The van der Waals surface area contributed by atoms with Gasteiger partial charge in [0.15, 0.2) is 0 Å². The van der Waals surface area contributed by atoms with E-state index in [4.69, 9.17) is 13.8 Å². The van der Waals surface area contributed by atoms with Gasteiger partial charge in [0.25, 0.3) is 5.56 Å². The highest BCUT2D eigenvalue weighted by Gasteiger charge is 2.40. The Kier molecular flexibility index (Phi) is 5.03. The summed E-state index contributed by atoms with van der Waals surface area (Å²) in [5.74, 6) is 0. The number of H-pyrrole nitrogens is 1. The summed E-state index contributed by atoms with van der Waals surface area (Å²) in [4.78, 5) is 25.4. The molecule has 2 heterocycles. The molecule has 1 fully saturated rings. The standard InChI is InChI=1S/C12H19N2O7P/c1-7-5-14(12(17)13-11(7)16)10-4-8(15)9(21-10)6-22(18,19-2)20-3/h5,8-10,15H,4,6H2,1-3H3,(H,13,16,17)/t8-,9-,10-/m1/s1. The number of nitrogens with zero attached hydrogens (tertiary/aromatic N) is 1. The van der Waals surface area contributed by atoms with Gasteiger partial charge in [-0.1, -0.05) is 0 Å². The molecule has 1 saturated heterocycles. The van der Waals surface area contributed by atoms with Crippen LogP contribution in [0.15, 0.2) is 15.8 Å². The molecular formula is C12H19N2O7P. The Morgan fingerprint density at radius 2 is 2.09 bits per heavy atom. The summed E-state index contributed by atoms with van der Waals surface area (Å²) in [6.45, 7) is 1.56. The summed E-state index contributed by atoms with van der Waals surface area (Å²) < 4.78 is 28.5. The third-order valence-electron chi connectivity index (χ3n) is 3.62. The molecule has 2 N–H and O–H groups in total. The molecule has 0 bridgehead atoms. The first-order chi connectivity index (χ1) is 10.3. The number of hydrogen-bond acceptors (Lipinski definition) is 7. The van der Waals surface area contributed by atoms with Crippen LogP contribution in [0.2, 0.25) is 0 Å². The van der Waals surface area contributed by atoms with Gasteiger partial charge in [-0.05, 0) is 6.92 Å². The van der Waals surface area contributed by atoms with E-state index in [1.807, 2.05) is 0 Å². The molecule has 2 rings (SSSR count). The largest absolute Gasteiger partial charge is 0.390 e. The molecule has 1 aliphatic heterocycles. The lowest BCUT2D eigenvalue weighted by molar-refractivity contribution is -0.0110. The van der Waals surface area contributed by atoms with E-state index in [2.05, 4.69) is 4.98 Å². The molecule has 0 spiro atoms. The summed E-state index contributed by atoms with van der Waals surface area (Å²) in [6.07, 6.45) is -1.12. The average molecular weight is 334 g/mol. The fraction of sp³-hybridized carbons (Fsp3) is 0.667. The van der Waals surface area contributed by atoms with Crippen LogP contribution in [0.5, 0.6) is 0 Å². The number of hydrogen-bond donors (Lipinski definition) is 2. The Hall–Kier alpha value is -1.25. The number of nitrogens with one attached hydrogen (secondary N) is 1. The van der Waals surface area contributed by atoms with E-state index in [1.54, 1.807) is 6.92 Å². The molecule has 3 atom stereocenters. The van der Waals surface area contributed by atoms with Crippen LogP contribution in [0.25, 0.3) is 0 Å². The van der Waals surface area contributed by atoms with Gasteiger partial charge in [0, 0.05) is 32.4 Å². The molecule has 0 saturated carbocycles. The Bertz CT molecular complexity index is 689. The van der Waals surface area contributed by atoms with Gasteiger partial charge in [-0.3, -0.25) is 18.9 Å². The summed E-state index contributed by atoms with van der Waals surface area (Å²) in [5.41, 5.74) is -0.754. The number of aromatic amines is 1. The minimum atomic E-state index is -3.35. The third kappa shape index (κ3) is 3.39. The fourth-order valence-corrected chi connectivity index (χ4v) is 3.51. The number of aryl methyl sites for hydroxylation is 1. The lowest BCUT2D eigenvalue weighted by Gasteiger charge is -2.20. The molecule has 1 aromatic rings. The van der Waals surface area contributed by atoms with Crippen molar-refractivity contribution in [1.29, 1.82) is 0 Å². The van der Waals surface area contributed by atoms with Crippen LogP contribution in [0.1, 0.15) is 18.2 Å². The van der Waals surface area contributed by atoms with Crippen LogP contribution < -0.4 is 11.2 Å². The summed E-state index contributed by atoms with van der Waals surface area (Å²) in [5, 5.41) is 10.0. The predicted molar refractivity (Wildman–Crippen MR) is 77.1 cm³/mol. The molecule has 0 unspecified atom stereocenters. The number of rotatable bonds is 5. The maximum absolute atomic E-state index is 12.1. The van der Waals surface area contributed by atoms with Crippen molar-refractivity contribution in [3.05, 3.63) is 32.6 Å². The first kappa shape index (κ1) is 17.1. The Morgan fingerprint density at radius 3 is 2.68 bits per heavy atom. The van der Waals surface area contributed by atoms with Crippen LogP contribution in [0.3, 0.4) is 0 Å². The minimum absolute atomic E-state index is 0.128. The molecule has 9 nitrogen and oxygen atoms in total. The van der Waals surface area contributed by atoms with Crippen molar-refractivity contribution >= 4 is 7.60 Å². The molecular weight excluding hydrogens is 315 g/mol. The quantitative estimate of drug-likeness (QED) is 0.726. The number of aliphatic hydroxyl groups is 1. The molecule has 1 aliphatic rings. The zero-order chi connectivity index (χ0) is 16.5. The maximum atomic E-state index is 12.1. The van der Waals surface area contributed by atoms with Crippen molar-refractivity contribution in [2.75, 3.05) is 20.4 Å². The van der Waals surface area contributed by atoms with Gasteiger partial charge in [-0.25, -0.2) is 4.79 Å². The molecule has 124 valence electrons. The molecule has 1 aromatic heterocycles. The van der Waals surface area contributed by atoms with Crippen LogP contribution in [0, 0.1) is 6.92 Å². The van der Waals surface area contributed by atoms with E-state index in [-0.39, 0.29) is 12.6 Å². The van der Waals surface area contributed by atoms with Crippen molar-refractivity contribution in [2.24, 2.45) is 0 Å².